The van der Waals surface area contributed by atoms with Crippen molar-refractivity contribution in [3.05, 3.63) is 0 Å². The fourth-order valence-corrected chi connectivity index (χ4v) is 1.35. The second kappa shape index (κ2) is 6.55. The fraction of sp³-hybridized carbons (Fsp3) is 1.00. The predicted octanol–water partition coefficient (Wildman–Crippen LogP) is 0.382. The van der Waals surface area contributed by atoms with Crippen molar-refractivity contribution in [2.45, 2.75) is 32.8 Å². The Hall–Kier alpha value is -0.160. The minimum Gasteiger partial charge on any atom is -0.396 e. The molecule has 0 saturated heterocycles. The van der Waals surface area contributed by atoms with Crippen LogP contribution < -0.4 is 5.32 Å². The van der Waals surface area contributed by atoms with Crippen LogP contribution in [0.25, 0.3) is 0 Å². The number of nitrogens with one attached hydrogen (secondary N) is 1. The predicted molar refractivity (Wildman–Crippen MR) is 63.3 cm³/mol. The first kappa shape index (κ1) is 13.9. The van der Waals surface area contributed by atoms with E-state index in [9.17, 15) is 5.11 Å². The summed E-state index contributed by atoms with van der Waals surface area (Å²) in [6.07, 6.45) is 2.10. The minimum atomic E-state index is -0.451. The van der Waals surface area contributed by atoms with Crippen molar-refractivity contribution in [3.8, 4) is 0 Å². The lowest BCUT2D eigenvalue weighted by Crippen LogP contribution is -2.38. The first-order chi connectivity index (χ1) is 7.53. The highest BCUT2D eigenvalue weighted by Gasteiger charge is 2.21. The van der Waals surface area contributed by atoms with E-state index in [-0.39, 0.29) is 12.0 Å². The monoisotopic (exact) mass is 231 g/mol. The minimum absolute atomic E-state index is 0.130. The summed E-state index contributed by atoms with van der Waals surface area (Å²) in [7, 11) is 0. The molecule has 0 aromatic heterocycles. The van der Waals surface area contributed by atoms with E-state index in [0.29, 0.717) is 19.7 Å². The van der Waals surface area contributed by atoms with E-state index in [0.717, 1.165) is 12.5 Å². The molecule has 1 fully saturated rings. The molecule has 0 aliphatic heterocycles. The van der Waals surface area contributed by atoms with Gasteiger partial charge in [0.15, 0.2) is 0 Å². The van der Waals surface area contributed by atoms with Crippen LogP contribution >= 0.6 is 0 Å². The molecular formula is C12H25NO3. The number of ether oxygens (including phenoxy) is 1. The zero-order valence-electron chi connectivity index (χ0n) is 10.4. The van der Waals surface area contributed by atoms with Crippen molar-refractivity contribution in [1.82, 2.24) is 5.32 Å². The van der Waals surface area contributed by atoms with Gasteiger partial charge in [-0.15, -0.1) is 0 Å². The summed E-state index contributed by atoms with van der Waals surface area (Å²) in [5, 5.41) is 21.8. The van der Waals surface area contributed by atoms with E-state index >= 15 is 0 Å². The summed E-state index contributed by atoms with van der Waals surface area (Å²) in [4.78, 5) is 0. The highest BCUT2D eigenvalue weighted by molar-refractivity contribution is 4.73. The molecule has 0 spiro atoms. The number of aliphatic hydroxyl groups is 2. The molecule has 0 aromatic carbocycles. The molecule has 4 nitrogen and oxygen atoms in total. The Labute approximate surface area is 98.0 Å². The first-order valence-electron chi connectivity index (χ1n) is 6.11. The third kappa shape index (κ3) is 6.43. The SMILES string of the molecule is CC(C)(CO)CNCC(O)COCC1CC1. The van der Waals surface area contributed by atoms with E-state index in [1.807, 2.05) is 13.8 Å². The summed E-state index contributed by atoms with van der Waals surface area (Å²) in [6, 6.07) is 0. The quantitative estimate of drug-likeness (QED) is 0.537. The Morgan fingerprint density at radius 2 is 2.12 bits per heavy atom. The van der Waals surface area contributed by atoms with Crippen LogP contribution in [0.5, 0.6) is 0 Å². The summed E-state index contributed by atoms with van der Waals surface area (Å²) in [5.41, 5.74) is -0.130. The van der Waals surface area contributed by atoms with Gasteiger partial charge in [-0.3, -0.25) is 0 Å². The molecule has 0 aromatic rings. The lowest BCUT2D eigenvalue weighted by atomic mass is 9.95. The van der Waals surface area contributed by atoms with Crippen LogP contribution in [0.4, 0.5) is 0 Å². The second-order valence-corrected chi connectivity index (χ2v) is 5.59. The van der Waals surface area contributed by atoms with Crippen molar-refractivity contribution >= 4 is 0 Å². The molecule has 0 radical (unpaired) electrons. The van der Waals surface area contributed by atoms with Gasteiger partial charge in [0.2, 0.25) is 0 Å². The number of rotatable bonds is 9. The standard InChI is InChI=1S/C12H25NO3/c1-12(2,9-14)8-13-5-11(15)7-16-6-10-3-4-10/h10-11,13-15H,3-9H2,1-2H3. The summed E-state index contributed by atoms with van der Waals surface area (Å²) < 4.78 is 5.39. The molecule has 1 saturated carbocycles. The summed E-state index contributed by atoms with van der Waals surface area (Å²) in [6.45, 7) is 6.53. The molecule has 0 heterocycles. The fourth-order valence-electron chi connectivity index (χ4n) is 1.35. The van der Waals surface area contributed by atoms with Crippen LogP contribution in [0.1, 0.15) is 26.7 Å². The molecule has 3 N–H and O–H groups in total. The molecule has 0 amide bonds. The Kier molecular flexibility index (Phi) is 5.69. The van der Waals surface area contributed by atoms with Crippen LogP contribution in [0, 0.1) is 11.3 Å². The average Bonchev–Trinajstić information content (AvgIpc) is 3.01. The van der Waals surface area contributed by atoms with Crippen LogP contribution in [0.2, 0.25) is 0 Å². The Bertz CT molecular complexity index is 193. The van der Waals surface area contributed by atoms with Gasteiger partial charge >= 0.3 is 0 Å². The van der Waals surface area contributed by atoms with E-state index in [4.69, 9.17) is 9.84 Å². The van der Waals surface area contributed by atoms with Gasteiger partial charge in [0.05, 0.1) is 12.7 Å². The van der Waals surface area contributed by atoms with Gasteiger partial charge in [-0.05, 0) is 18.8 Å². The maximum absolute atomic E-state index is 9.60. The third-order valence-corrected chi connectivity index (χ3v) is 2.77. The molecule has 1 atom stereocenters. The molecule has 1 aliphatic rings. The van der Waals surface area contributed by atoms with Crippen molar-refractivity contribution in [1.29, 1.82) is 0 Å². The Morgan fingerprint density at radius 1 is 1.44 bits per heavy atom. The first-order valence-corrected chi connectivity index (χ1v) is 6.11. The number of hydrogen-bond donors (Lipinski definition) is 3. The summed E-state index contributed by atoms with van der Waals surface area (Å²) in [5.74, 6) is 0.744. The second-order valence-electron chi connectivity index (χ2n) is 5.59. The highest BCUT2D eigenvalue weighted by Crippen LogP contribution is 2.28. The molecule has 4 heteroatoms. The van der Waals surface area contributed by atoms with Crippen molar-refractivity contribution in [2.75, 3.05) is 32.9 Å². The normalized spacial score (nSPS) is 18.8. The molecule has 1 rings (SSSR count). The molecule has 1 unspecified atom stereocenters. The van der Waals surface area contributed by atoms with E-state index in [1.165, 1.54) is 12.8 Å². The van der Waals surface area contributed by atoms with E-state index in [2.05, 4.69) is 5.32 Å². The zero-order valence-corrected chi connectivity index (χ0v) is 10.4. The molecular weight excluding hydrogens is 206 g/mol. The lowest BCUT2D eigenvalue weighted by molar-refractivity contribution is 0.0306. The molecule has 0 bridgehead atoms. The maximum atomic E-state index is 9.60. The third-order valence-electron chi connectivity index (χ3n) is 2.77. The van der Waals surface area contributed by atoms with Gasteiger partial charge in [0.1, 0.15) is 0 Å². The van der Waals surface area contributed by atoms with Crippen molar-refractivity contribution < 1.29 is 14.9 Å². The molecule has 96 valence electrons. The largest absolute Gasteiger partial charge is 0.396 e. The average molecular weight is 231 g/mol. The van der Waals surface area contributed by atoms with E-state index < -0.39 is 6.10 Å². The van der Waals surface area contributed by atoms with Gasteiger partial charge in [0, 0.05) is 31.7 Å². The van der Waals surface area contributed by atoms with Crippen molar-refractivity contribution in [3.63, 3.8) is 0 Å². The van der Waals surface area contributed by atoms with Gasteiger partial charge in [-0.25, -0.2) is 0 Å². The Morgan fingerprint density at radius 3 is 2.69 bits per heavy atom. The van der Waals surface area contributed by atoms with Crippen molar-refractivity contribution in [2.24, 2.45) is 11.3 Å². The number of hydrogen-bond acceptors (Lipinski definition) is 4. The Balaban J connectivity index is 1.94. The highest BCUT2D eigenvalue weighted by atomic mass is 16.5. The van der Waals surface area contributed by atoms with Crippen LogP contribution in [-0.4, -0.2) is 49.2 Å². The lowest BCUT2D eigenvalue weighted by Gasteiger charge is -2.23. The van der Waals surface area contributed by atoms with Gasteiger partial charge in [0.25, 0.3) is 0 Å². The topological polar surface area (TPSA) is 61.7 Å². The van der Waals surface area contributed by atoms with Gasteiger partial charge < -0.3 is 20.3 Å². The molecule has 1 aliphatic carbocycles. The smallest absolute Gasteiger partial charge is 0.0897 e. The maximum Gasteiger partial charge on any atom is 0.0897 e. The van der Waals surface area contributed by atoms with Gasteiger partial charge in [-0.1, -0.05) is 13.8 Å². The van der Waals surface area contributed by atoms with Crippen LogP contribution in [-0.2, 0) is 4.74 Å². The summed E-state index contributed by atoms with van der Waals surface area (Å²) >= 11 is 0. The van der Waals surface area contributed by atoms with Gasteiger partial charge in [-0.2, -0.15) is 0 Å². The number of aliphatic hydroxyl groups excluding tert-OH is 2. The van der Waals surface area contributed by atoms with E-state index in [1.54, 1.807) is 0 Å². The zero-order chi connectivity index (χ0) is 12.0. The van der Waals surface area contributed by atoms with Crippen LogP contribution in [0.3, 0.4) is 0 Å². The van der Waals surface area contributed by atoms with Crippen LogP contribution in [0.15, 0.2) is 0 Å². The molecule has 16 heavy (non-hydrogen) atoms.